The number of ether oxygens (including phenoxy) is 2. The van der Waals surface area contributed by atoms with Crippen molar-refractivity contribution >= 4 is 24.2 Å². The van der Waals surface area contributed by atoms with E-state index in [0.29, 0.717) is 12.8 Å². The lowest BCUT2D eigenvalue weighted by atomic mass is 10.2. The topological polar surface area (TPSA) is 85.3 Å². The summed E-state index contributed by atoms with van der Waals surface area (Å²) in [6.45, 7) is 15.8. The minimum Gasteiger partial charge on any atom is -0.457 e. The summed E-state index contributed by atoms with van der Waals surface area (Å²) in [5, 5.41) is 0. The van der Waals surface area contributed by atoms with Crippen LogP contribution in [-0.4, -0.2) is 54.4 Å². The van der Waals surface area contributed by atoms with Gasteiger partial charge >= 0.3 is 18.0 Å². The molecule has 0 aliphatic heterocycles. The van der Waals surface area contributed by atoms with Gasteiger partial charge in [0.15, 0.2) is 0 Å². The molecule has 0 rings (SSSR count). The smallest absolute Gasteiger partial charge is 0.343 e. The third-order valence-electron chi connectivity index (χ3n) is 3.51. The first-order chi connectivity index (χ1) is 12.2. The van der Waals surface area contributed by atoms with Gasteiger partial charge < -0.3 is 14.4 Å². The number of carbonyl (C=O) groups is 3. The van der Waals surface area contributed by atoms with E-state index in [-0.39, 0.29) is 24.2 Å². The van der Waals surface area contributed by atoms with Crippen LogP contribution in [0.1, 0.15) is 47.5 Å². The molecule has 146 valence electrons. The fourth-order valence-electron chi connectivity index (χ4n) is 1.92. The van der Waals surface area contributed by atoms with Crippen LogP contribution in [0.3, 0.4) is 0 Å². The van der Waals surface area contributed by atoms with Crippen LogP contribution in [0.15, 0.2) is 29.3 Å². The highest BCUT2D eigenvalue weighted by Gasteiger charge is 2.25. The fourth-order valence-corrected chi connectivity index (χ4v) is 1.92. The number of nitrogens with zero attached hydrogens (tertiary/aromatic N) is 2. The van der Waals surface area contributed by atoms with E-state index in [1.807, 2.05) is 13.8 Å². The maximum atomic E-state index is 12.3. The summed E-state index contributed by atoms with van der Waals surface area (Å²) < 4.78 is 10.7. The first kappa shape index (κ1) is 23.6. The molecule has 2 amide bonds. The van der Waals surface area contributed by atoms with Gasteiger partial charge in [0.2, 0.25) is 0 Å². The van der Waals surface area contributed by atoms with Gasteiger partial charge in [0, 0.05) is 17.4 Å². The van der Waals surface area contributed by atoms with E-state index in [2.05, 4.69) is 18.2 Å². The van der Waals surface area contributed by atoms with E-state index in [9.17, 15) is 14.4 Å². The molecule has 0 fully saturated rings. The lowest BCUT2D eigenvalue weighted by Gasteiger charge is -2.28. The largest absolute Gasteiger partial charge is 0.457 e. The van der Waals surface area contributed by atoms with Crippen molar-refractivity contribution in [2.24, 2.45) is 4.99 Å². The summed E-state index contributed by atoms with van der Waals surface area (Å²) in [6.07, 6.45) is 1.40. The van der Waals surface area contributed by atoms with Gasteiger partial charge in [-0.3, -0.25) is 0 Å². The average molecular weight is 366 g/mol. The molecule has 0 spiro atoms. The van der Waals surface area contributed by atoms with E-state index >= 15 is 0 Å². The Morgan fingerprint density at radius 3 is 1.62 bits per heavy atom. The van der Waals surface area contributed by atoms with Crippen LogP contribution in [0.2, 0.25) is 0 Å². The van der Waals surface area contributed by atoms with Crippen LogP contribution in [0.25, 0.3) is 0 Å². The van der Waals surface area contributed by atoms with Crippen LogP contribution in [0.4, 0.5) is 4.79 Å². The maximum Gasteiger partial charge on any atom is 0.343 e. The van der Waals surface area contributed by atoms with Crippen molar-refractivity contribution in [2.75, 3.05) is 13.1 Å². The molecular weight excluding hydrogens is 336 g/mol. The molecule has 0 aliphatic carbocycles. The Morgan fingerprint density at radius 1 is 0.962 bits per heavy atom. The molecule has 0 aromatic heterocycles. The van der Waals surface area contributed by atoms with Crippen molar-refractivity contribution in [1.29, 1.82) is 0 Å². The number of esters is 2. The first-order valence-corrected chi connectivity index (χ1v) is 8.66. The Balaban J connectivity index is 5.22. The van der Waals surface area contributed by atoms with Gasteiger partial charge in [-0.05, 0) is 33.6 Å². The van der Waals surface area contributed by atoms with E-state index in [1.54, 1.807) is 20.8 Å². The minimum atomic E-state index is -0.510. The molecule has 2 atom stereocenters. The molecule has 2 unspecified atom stereocenters. The Morgan fingerprint density at radius 2 is 1.35 bits per heavy atom. The first-order valence-electron chi connectivity index (χ1n) is 8.66. The molecule has 26 heavy (non-hydrogen) atoms. The third-order valence-corrected chi connectivity index (χ3v) is 3.51. The van der Waals surface area contributed by atoms with Crippen LogP contribution < -0.4 is 0 Å². The summed E-state index contributed by atoms with van der Waals surface area (Å²) in [4.78, 5) is 41.0. The number of urea groups is 1. The van der Waals surface area contributed by atoms with Crippen molar-refractivity contribution < 1.29 is 23.9 Å². The standard InChI is InChI=1S/C19H30N2O5/c1-8-15(25-17(22)13(4)5)11-21(19(24)20-10-3)12-16(9-2)26-18(23)14(6)7/h10,15-16H,4,6,8-9,11-12H2,1-3,5,7H3. The summed E-state index contributed by atoms with van der Waals surface area (Å²) in [5.74, 6) is -1.02. The van der Waals surface area contributed by atoms with Crippen LogP contribution in [0.5, 0.6) is 0 Å². The van der Waals surface area contributed by atoms with Crippen LogP contribution >= 0.6 is 0 Å². The zero-order valence-electron chi connectivity index (χ0n) is 16.4. The lowest BCUT2D eigenvalue weighted by Crippen LogP contribution is -2.43. The van der Waals surface area contributed by atoms with Crippen molar-refractivity contribution in [2.45, 2.75) is 59.7 Å². The van der Waals surface area contributed by atoms with Crippen molar-refractivity contribution in [3.05, 3.63) is 24.3 Å². The Labute approximate surface area is 155 Å². The number of carbonyl (C=O) groups excluding carboxylic acids is 3. The lowest BCUT2D eigenvalue weighted by molar-refractivity contribution is -0.146. The highest BCUT2D eigenvalue weighted by atomic mass is 16.5. The third kappa shape index (κ3) is 8.60. The van der Waals surface area contributed by atoms with Crippen LogP contribution in [0, 0.1) is 0 Å². The van der Waals surface area contributed by atoms with E-state index in [0.717, 1.165) is 0 Å². The Kier molecular flexibility index (Phi) is 10.9. The van der Waals surface area contributed by atoms with Crippen LogP contribution in [-0.2, 0) is 19.1 Å². The molecular formula is C19H30N2O5. The van der Waals surface area contributed by atoms with Crippen molar-refractivity contribution in [3.63, 3.8) is 0 Å². The summed E-state index contributed by atoms with van der Waals surface area (Å²) >= 11 is 0. The molecule has 0 heterocycles. The number of rotatable bonds is 10. The fraction of sp³-hybridized carbons (Fsp3) is 0.579. The van der Waals surface area contributed by atoms with E-state index in [4.69, 9.17) is 9.47 Å². The predicted molar refractivity (Wildman–Crippen MR) is 101 cm³/mol. The normalized spacial score (nSPS) is 13.0. The maximum absolute atomic E-state index is 12.3. The Bertz CT molecular complexity index is 530. The van der Waals surface area contributed by atoms with Gasteiger partial charge in [0.25, 0.3) is 0 Å². The minimum absolute atomic E-state index is 0.146. The molecule has 0 aromatic carbocycles. The van der Waals surface area contributed by atoms with Gasteiger partial charge in [-0.25, -0.2) is 19.4 Å². The molecule has 0 saturated carbocycles. The van der Waals surface area contributed by atoms with Gasteiger partial charge in [-0.15, -0.1) is 0 Å². The number of amides is 2. The van der Waals surface area contributed by atoms with Gasteiger partial charge in [-0.1, -0.05) is 27.0 Å². The molecule has 0 bridgehead atoms. The van der Waals surface area contributed by atoms with E-state index in [1.165, 1.54) is 11.1 Å². The molecule has 0 radical (unpaired) electrons. The zero-order chi connectivity index (χ0) is 20.3. The molecule has 0 aliphatic rings. The Hall–Kier alpha value is -2.44. The average Bonchev–Trinajstić information content (AvgIpc) is 2.58. The quantitative estimate of drug-likeness (QED) is 0.336. The number of aliphatic imine (C=N–C) groups is 1. The summed E-state index contributed by atoms with van der Waals surface area (Å²) in [7, 11) is 0. The zero-order valence-corrected chi connectivity index (χ0v) is 16.4. The summed E-state index contributed by atoms with van der Waals surface area (Å²) in [6, 6.07) is -0.484. The molecule has 7 heteroatoms. The SMILES string of the molecule is C=C(C)C(=O)OC(CC)CN(CC(CC)OC(=O)C(=C)C)C(=O)N=CC. The second-order valence-corrected chi connectivity index (χ2v) is 6.01. The molecule has 7 nitrogen and oxygen atoms in total. The van der Waals surface area contributed by atoms with Gasteiger partial charge in [0.05, 0.1) is 13.1 Å². The molecule has 0 saturated heterocycles. The highest BCUT2D eigenvalue weighted by Crippen LogP contribution is 2.11. The second-order valence-electron chi connectivity index (χ2n) is 6.01. The number of hydrogen-bond acceptors (Lipinski definition) is 5. The predicted octanol–water partition coefficient (Wildman–Crippen LogP) is 3.29. The van der Waals surface area contributed by atoms with Gasteiger partial charge in [-0.2, -0.15) is 0 Å². The highest BCUT2D eigenvalue weighted by molar-refractivity contribution is 5.87. The monoisotopic (exact) mass is 366 g/mol. The van der Waals surface area contributed by atoms with Gasteiger partial charge in [0.1, 0.15) is 12.2 Å². The molecule has 0 N–H and O–H groups in total. The van der Waals surface area contributed by atoms with Crippen molar-refractivity contribution in [3.8, 4) is 0 Å². The summed E-state index contributed by atoms with van der Waals surface area (Å²) in [5.41, 5.74) is 0.574. The number of hydrogen-bond donors (Lipinski definition) is 0. The van der Waals surface area contributed by atoms with Crippen molar-refractivity contribution in [1.82, 2.24) is 4.90 Å². The second kappa shape index (κ2) is 12.0. The van der Waals surface area contributed by atoms with E-state index < -0.39 is 30.2 Å². The molecule has 0 aromatic rings.